The number of halogens is 1. The van der Waals surface area contributed by atoms with Gasteiger partial charge in [-0.05, 0) is 12.1 Å². The van der Waals surface area contributed by atoms with Crippen LogP contribution in [-0.4, -0.2) is 15.5 Å². The molecule has 0 amide bonds. The molecule has 1 aromatic carbocycles. The van der Waals surface area contributed by atoms with Gasteiger partial charge in [-0.25, -0.2) is 0 Å². The van der Waals surface area contributed by atoms with Gasteiger partial charge in [-0.2, -0.15) is 10.2 Å². The van der Waals surface area contributed by atoms with Crippen molar-refractivity contribution in [2.45, 2.75) is 6.42 Å². The normalized spacial score (nSPS) is 10.2. The molecular formula is C12H11BrN2. The molecule has 2 rings (SSSR count). The van der Waals surface area contributed by atoms with Gasteiger partial charge in [0.05, 0.1) is 11.4 Å². The predicted octanol–water partition coefficient (Wildman–Crippen LogP) is 3.08. The van der Waals surface area contributed by atoms with E-state index in [4.69, 9.17) is 0 Å². The molecule has 0 aliphatic carbocycles. The SMILES string of the molecule is BrCCc1ccc(-c2ccccc2)nn1. The lowest BCUT2D eigenvalue weighted by Gasteiger charge is -2.00. The molecule has 0 N–H and O–H groups in total. The summed E-state index contributed by atoms with van der Waals surface area (Å²) in [4.78, 5) is 0. The van der Waals surface area contributed by atoms with Gasteiger partial charge in [-0.15, -0.1) is 0 Å². The van der Waals surface area contributed by atoms with Crippen LogP contribution in [0.1, 0.15) is 5.69 Å². The van der Waals surface area contributed by atoms with Gasteiger partial charge in [0.25, 0.3) is 0 Å². The predicted molar refractivity (Wildman–Crippen MR) is 65.0 cm³/mol. The van der Waals surface area contributed by atoms with Crippen LogP contribution < -0.4 is 0 Å². The van der Waals surface area contributed by atoms with Gasteiger partial charge in [-0.1, -0.05) is 46.3 Å². The topological polar surface area (TPSA) is 25.8 Å². The molecule has 0 fully saturated rings. The summed E-state index contributed by atoms with van der Waals surface area (Å²) in [5.41, 5.74) is 3.05. The van der Waals surface area contributed by atoms with E-state index in [1.165, 1.54) is 0 Å². The van der Waals surface area contributed by atoms with E-state index in [1.807, 2.05) is 42.5 Å². The number of benzene rings is 1. The summed E-state index contributed by atoms with van der Waals surface area (Å²) < 4.78 is 0. The second kappa shape index (κ2) is 5.03. The molecule has 0 unspecified atom stereocenters. The fourth-order valence-corrected chi connectivity index (χ4v) is 1.76. The van der Waals surface area contributed by atoms with Gasteiger partial charge >= 0.3 is 0 Å². The second-order valence-corrected chi connectivity index (χ2v) is 4.01. The van der Waals surface area contributed by atoms with Crippen LogP contribution in [0.3, 0.4) is 0 Å². The maximum Gasteiger partial charge on any atom is 0.0929 e. The Labute approximate surface area is 97.5 Å². The van der Waals surface area contributed by atoms with E-state index in [-0.39, 0.29) is 0 Å². The third-order valence-electron chi connectivity index (χ3n) is 2.14. The highest BCUT2D eigenvalue weighted by molar-refractivity contribution is 9.09. The Bertz CT molecular complexity index is 411. The van der Waals surface area contributed by atoms with Gasteiger partial charge in [0.1, 0.15) is 0 Å². The third-order valence-corrected chi connectivity index (χ3v) is 2.54. The second-order valence-electron chi connectivity index (χ2n) is 3.21. The van der Waals surface area contributed by atoms with E-state index in [9.17, 15) is 0 Å². The first-order valence-electron chi connectivity index (χ1n) is 4.84. The summed E-state index contributed by atoms with van der Waals surface area (Å²) in [6, 6.07) is 14.1. The van der Waals surface area contributed by atoms with Crippen molar-refractivity contribution in [2.75, 3.05) is 5.33 Å². The average molecular weight is 263 g/mol. The molecule has 0 saturated carbocycles. The Balaban J connectivity index is 2.24. The Morgan fingerprint density at radius 3 is 2.33 bits per heavy atom. The fraction of sp³-hybridized carbons (Fsp3) is 0.167. The summed E-state index contributed by atoms with van der Waals surface area (Å²) in [7, 11) is 0. The first-order chi connectivity index (χ1) is 7.40. The smallest absolute Gasteiger partial charge is 0.0929 e. The molecule has 0 bridgehead atoms. The number of alkyl halides is 1. The van der Waals surface area contributed by atoms with Crippen LogP contribution in [-0.2, 0) is 6.42 Å². The maximum atomic E-state index is 4.20. The van der Waals surface area contributed by atoms with Crippen LogP contribution in [0.2, 0.25) is 0 Å². The monoisotopic (exact) mass is 262 g/mol. The van der Waals surface area contributed by atoms with Crippen molar-refractivity contribution in [2.24, 2.45) is 0 Å². The lowest BCUT2D eigenvalue weighted by Crippen LogP contribution is -1.94. The molecular weight excluding hydrogens is 252 g/mol. The van der Waals surface area contributed by atoms with Crippen LogP contribution in [0, 0.1) is 0 Å². The molecule has 1 heterocycles. The summed E-state index contributed by atoms with van der Waals surface area (Å²) in [5, 5.41) is 9.28. The molecule has 15 heavy (non-hydrogen) atoms. The minimum absolute atomic E-state index is 0.919. The van der Waals surface area contributed by atoms with Crippen molar-refractivity contribution < 1.29 is 0 Å². The number of rotatable bonds is 3. The van der Waals surface area contributed by atoms with Crippen LogP contribution >= 0.6 is 15.9 Å². The highest BCUT2D eigenvalue weighted by Gasteiger charge is 1.99. The standard InChI is InChI=1S/C12H11BrN2/c13-9-8-11-6-7-12(15-14-11)10-4-2-1-3-5-10/h1-7H,8-9H2. The van der Waals surface area contributed by atoms with Gasteiger partial charge in [0, 0.05) is 17.3 Å². The highest BCUT2D eigenvalue weighted by atomic mass is 79.9. The molecule has 2 nitrogen and oxygen atoms in total. The molecule has 0 atom stereocenters. The van der Waals surface area contributed by atoms with Crippen molar-refractivity contribution in [1.29, 1.82) is 0 Å². The molecule has 3 heteroatoms. The van der Waals surface area contributed by atoms with Crippen molar-refractivity contribution in [3.05, 3.63) is 48.2 Å². The number of aromatic nitrogens is 2. The lowest BCUT2D eigenvalue weighted by atomic mass is 10.1. The zero-order valence-electron chi connectivity index (χ0n) is 8.23. The molecule has 0 aliphatic rings. The Morgan fingerprint density at radius 1 is 0.933 bits per heavy atom. The molecule has 2 aromatic rings. The number of hydrogen-bond acceptors (Lipinski definition) is 2. The van der Waals surface area contributed by atoms with Gasteiger partial charge in [0.2, 0.25) is 0 Å². The molecule has 0 radical (unpaired) electrons. The Kier molecular flexibility index (Phi) is 3.45. The average Bonchev–Trinajstić information content (AvgIpc) is 2.32. The van der Waals surface area contributed by atoms with Gasteiger partial charge in [-0.3, -0.25) is 0 Å². The van der Waals surface area contributed by atoms with Crippen molar-refractivity contribution >= 4 is 15.9 Å². The largest absolute Gasteiger partial charge is 0.155 e. The van der Waals surface area contributed by atoms with E-state index in [0.29, 0.717) is 0 Å². The lowest BCUT2D eigenvalue weighted by molar-refractivity contribution is 0.931. The van der Waals surface area contributed by atoms with Crippen LogP contribution in [0.25, 0.3) is 11.3 Å². The number of nitrogens with zero attached hydrogens (tertiary/aromatic N) is 2. The van der Waals surface area contributed by atoms with E-state index >= 15 is 0 Å². The third kappa shape index (κ3) is 2.63. The minimum Gasteiger partial charge on any atom is -0.155 e. The number of hydrogen-bond donors (Lipinski definition) is 0. The molecule has 1 aromatic heterocycles. The molecule has 0 spiro atoms. The van der Waals surface area contributed by atoms with Crippen molar-refractivity contribution in [3.8, 4) is 11.3 Å². The molecule has 76 valence electrons. The van der Waals surface area contributed by atoms with Crippen molar-refractivity contribution in [1.82, 2.24) is 10.2 Å². The molecule has 0 saturated heterocycles. The summed E-state index contributed by atoms with van der Waals surface area (Å²) >= 11 is 3.38. The zero-order chi connectivity index (χ0) is 10.5. The summed E-state index contributed by atoms with van der Waals surface area (Å²) in [5.74, 6) is 0. The zero-order valence-corrected chi connectivity index (χ0v) is 9.81. The highest BCUT2D eigenvalue weighted by Crippen LogP contribution is 2.15. The van der Waals surface area contributed by atoms with E-state index in [1.54, 1.807) is 0 Å². The van der Waals surface area contributed by atoms with Gasteiger partial charge in [0.15, 0.2) is 0 Å². The van der Waals surface area contributed by atoms with Gasteiger partial charge < -0.3 is 0 Å². The first kappa shape index (κ1) is 10.3. The maximum absolute atomic E-state index is 4.20. The summed E-state index contributed by atoms with van der Waals surface area (Å²) in [6.07, 6.45) is 0.919. The van der Waals surface area contributed by atoms with E-state index in [0.717, 1.165) is 28.7 Å². The number of aryl methyl sites for hydroxylation is 1. The van der Waals surface area contributed by atoms with E-state index in [2.05, 4.69) is 26.1 Å². The Morgan fingerprint density at radius 2 is 1.73 bits per heavy atom. The minimum atomic E-state index is 0.919. The van der Waals surface area contributed by atoms with Crippen LogP contribution in [0.5, 0.6) is 0 Å². The van der Waals surface area contributed by atoms with Crippen LogP contribution in [0.4, 0.5) is 0 Å². The quantitative estimate of drug-likeness (QED) is 0.795. The van der Waals surface area contributed by atoms with Crippen LogP contribution in [0.15, 0.2) is 42.5 Å². The summed E-state index contributed by atoms with van der Waals surface area (Å²) in [6.45, 7) is 0. The van der Waals surface area contributed by atoms with Crippen molar-refractivity contribution in [3.63, 3.8) is 0 Å². The van der Waals surface area contributed by atoms with E-state index < -0.39 is 0 Å². The first-order valence-corrected chi connectivity index (χ1v) is 5.96. The Hall–Kier alpha value is -1.22. The molecule has 0 aliphatic heterocycles. The fourth-order valence-electron chi connectivity index (χ4n) is 1.35.